The minimum Gasteiger partial charge on any atom is -0.497 e. The van der Waals surface area contributed by atoms with E-state index in [1.807, 2.05) is 38.1 Å². The first kappa shape index (κ1) is 27.2. The molecule has 0 aliphatic heterocycles. The second-order valence-corrected chi connectivity index (χ2v) is 10.0. The Balaban J connectivity index is 2.35. The molecule has 1 unspecified atom stereocenters. The first-order valence-electron chi connectivity index (χ1n) is 11.4. The number of carbonyl (C=O) groups excluding carboxylic acids is 2. The maximum atomic E-state index is 13.5. The first-order chi connectivity index (χ1) is 16.1. The number of hydrogen-bond acceptors (Lipinski definition) is 5. The van der Waals surface area contributed by atoms with Gasteiger partial charge in [0.1, 0.15) is 18.3 Å². The van der Waals surface area contributed by atoms with E-state index in [2.05, 4.69) is 5.32 Å². The summed E-state index contributed by atoms with van der Waals surface area (Å²) in [6.07, 6.45) is 2.65. The van der Waals surface area contributed by atoms with Gasteiger partial charge in [0.05, 0.1) is 19.1 Å². The molecule has 2 aromatic carbocycles. The molecule has 8 nitrogen and oxygen atoms in total. The summed E-state index contributed by atoms with van der Waals surface area (Å²) in [4.78, 5) is 27.6. The molecule has 186 valence electrons. The van der Waals surface area contributed by atoms with Crippen molar-refractivity contribution < 1.29 is 22.7 Å². The fraction of sp³-hybridized carbons (Fsp3) is 0.440. The Labute approximate surface area is 202 Å². The predicted octanol–water partition coefficient (Wildman–Crippen LogP) is 2.97. The number of sulfonamides is 1. The molecule has 2 amide bonds. The molecule has 1 N–H and O–H groups in total. The zero-order valence-corrected chi connectivity index (χ0v) is 21.4. The fourth-order valence-corrected chi connectivity index (χ4v) is 4.27. The lowest BCUT2D eigenvalue weighted by Gasteiger charge is -2.31. The summed E-state index contributed by atoms with van der Waals surface area (Å²) in [6.45, 7) is 5.83. The van der Waals surface area contributed by atoms with E-state index in [1.165, 1.54) is 4.90 Å². The molecule has 1 atom stereocenters. The van der Waals surface area contributed by atoms with Crippen LogP contribution in [0.1, 0.15) is 38.3 Å². The second-order valence-electron chi connectivity index (χ2n) is 8.13. The van der Waals surface area contributed by atoms with Gasteiger partial charge in [-0.3, -0.25) is 13.9 Å². The number of methoxy groups -OCH3 is 1. The summed E-state index contributed by atoms with van der Waals surface area (Å²) in [5, 5.41) is 2.81. The Hall–Kier alpha value is -3.07. The van der Waals surface area contributed by atoms with Gasteiger partial charge in [-0.1, -0.05) is 38.1 Å². The normalized spacial score (nSPS) is 12.0. The summed E-state index contributed by atoms with van der Waals surface area (Å²) in [5.74, 6) is -0.0870. The van der Waals surface area contributed by atoms with Crippen LogP contribution < -0.4 is 14.4 Å². The summed E-state index contributed by atoms with van der Waals surface area (Å²) in [6, 6.07) is 13.5. The molecular formula is C25H35N3O5S. The molecule has 9 heteroatoms. The molecule has 0 saturated carbocycles. The molecule has 0 saturated heterocycles. The minimum atomic E-state index is -3.74. The van der Waals surface area contributed by atoms with Crippen LogP contribution in [0, 0.1) is 0 Å². The Morgan fingerprint density at radius 2 is 1.59 bits per heavy atom. The van der Waals surface area contributed by atoms with E-state index in [1.54, 1.807) is 38.3 Å². The molecular weight excluding hydrogens is 454 g/mol. The van der Waals surface area contributed by atoms with E-state index in [0.29, 0.717) is 18.0 Å². The van der Waals surface area contributed by atoms with Gasteiger partial charge in [0.2, 0.25) is 21.8 Å². The number of nitrogens with one attached hydrogen (secondary N) is 1. The van der Waals surface area contributed by atoms with E-state index in [4.69, 9.17) is 4.74 Å². The lowest BCUT2D eigenvalue weighted by atomic mass is 10.1. The number of anilines is 1. The SMILES string of the molecule is CCCNC(=O)C(C)N(Cc1ccc(OC)cc1)C(=O)CN(c1ccc(CC)cc1)S(C)(=O)=O. The number of rotatable bonds is 12. The Morgan fingerprint density at radius 1 is 1.00 bits per heavy atom. The summed E-state index contributed by atoms with van der Waals surface area (Å²) in [5.41, 5.74) is 2.26. The highest BCUT2D eigenvalue weighted by Gasteiger charge is 2.30. The van der Waals surface area contributed by atoms with Crippen molar-refractivity contribution in [3.63, 3.8) is 0 Å². The van der Waals surface area contributed by atoms with Crippen LogP contribution in [0.15, 0.2) is 48.5 Å². The average Bonchev–Trinajstić information content (AvgIpc) is 2.83. The maximum Gasteiger partial charge on any atom is 0.244 e. The number of aryl methyl sites for hydroxylation is 1. The predicted molar refractivity (Wildman–Crippen MR) is 134 cm³/mol. The van der Waals surface area contributed by atoms with E-state index in [0.717, 1.165) is 34.5 Å². The van der Waals surface area contributed by atoms with Crippen LogP contribution in [0.3, 0.4) is 0 Å². The minimum absolute atomic E-state index is 0.149. The van der Waals surface area contributed by atoms with E-state index < -0.39 is 28.5 Å². The van der Waals surface area contributed by atoms with Crippen LogP contribution in [-0.4, -0.2) is 57.6 Å². The molecule has 0 radical (unpaired) electrons. The second kappa shape index (κ2) is 12.4. The standard InChI is InChI=1S/C25H35N3O5S/c1-6-16-26-25(30)19(3)27(17-21-10-14-23(33-4)15-11-21)24(29)18-28(34(5,31)32)22-12-8-20(7-2)9-13-22/h8-15,19H,6-7,16-18H2,1-5H3,(H,26,30). The summed E-state index contributed by atoms with van der Waals surface area (Å²) in [7, 11) is -2.17. The van der Waals surface area contributed by atoms with Crippen LogP contribution in [0.4, 0.5) is 5.69 Å². The monoisotopic (exact) mass is 489 g/mol. The molecule has 0 aliphatic carbocycles. The lowest BCUT2D eigenvalue weighted by Crippen LogP contribution is -2.51. The first-order valence-corrected chi connectivity index (χ1v) is 13.2. The van der Waals surface area contributed by atoms with Crippen molar-refractivity contribution in [2.24, 2.45) is 0 Å². The van der Waals surface area contributed by atoms with Crippen molar-refractivity contribution in [3.8, 4) is 5.75 Å². The molecule has 2 rings (SSSR count). The number of hydrogen-bond donors (Lipinski definition) is 1. The van der Waals surface area contributed by atoms with Crippen molar-refractivity contribution in [3.05, 3.63) is 59.7 Å². The molecule has 0 aromatic heterocycles. The fourth-order valence-electron chi connectivity index (χ4n) is 3.42. The molecule has 0 spiro atoms. The number of ether oxygens (including phenoxy) is 1. The third-order valence-corrected chi connectivity index (χ3v) is 6.68. The molecule has 0 heterocycles. The number of amides is 2. The van der Waals surface area contributed by atoms with Gasteiger partial charge in [0, 0.05) is 13.1 Å². The molecule has 0 aliphatic rings. The van der Waals surface area contributed by atoms with Gasteiger partial charge in [0.15, 0.2) is 0 Å². The van der Waals surface area contributed by atoms with Crippen molar-refractivity contribution in [1.82, 2.24) is 10.2 Å². The van der Waals surface area contributed by atoms with Gasteiger partial charge in [0.25, 0.3) is 0 Å². The Bertz CT molecular complexity index is 1050. The smallest absolute Gasteiger partial charge is 0.244 e. The van der Waals surface area contributed by atoms with E-state index in [9.17, 15) is 18.0 Å². The summed E-state index contributed by atoms with van der Waals surface area (Å²) >= 11 is 0. The van der Waals surface area contributed by atoms with Gasteiger partial charge in [-0.05, 0) is 55.2 Å². The van der Waals surface area contributed by atoms with Gasteiger partial charge < -0.3 is 15.0 Å². The molecule has 2 aromatic rings. The van der Waals surface area contributed by atoms with Crippen molar-refractivity contribution in [1.29, 1.82) is 0 Å². The molecule has 34 heavy (non-hydrogen) atoms. The highest BCUT2D eigenvalue weighted by atomic mass is 32.2. The van der Waals surface area contributed by atoms with Crippen LogP contribution in [0.5, 0.6) is 5.75 Å². The van der Waals surface area contributed by atoms with E-state index >= 15 is 0 Å². The number of carbonyl (C=O) groups is 2. The zero-order chi connectivity index (χ0) is 25.3. The quantitative estimate of drug-likeness (QED) is 0.495. The Morgan fingerprint density at radius 3 is 2.09 bits per heavy atom. The average molecular weight is 490 g/mol. The van der Waals surface area contributed by atoms with Gasteiger partial charge in [-0.2, -0.15) is 0 Å². The molecule has 0 bridgehead atoms. The largest absolute Gasteiger partial charge is 0.497 e. The third-order valence-electron chi connectivity index (χ3n) is 5.54. The topological polar surface area (TPSA) is 96.0 Å². The number of benzene rings is 2. The van der Waals surface area contributed by atoms with E-state index in [-0.39, 0.29) is 12.5 Å². The molecule has 0 fully saturated rings. The zero-order valence-electron chi connectivity index (χ0n) is 20.6. The van der Waals surface area contributed by atoms with Crippen LogP contribution in [-0.2, 0) is 32.6 Å². The highest BCUT2D eigenvalue weighted by molar-refractivity contribution is 7.92. The van der Waals surface area contributed by atoms with Gasteiger partial charge in [-0.25, -0.2) is 8.42 Å². The Kier molecular flexibility index (Phi) is 9.92. The van der Waals surface area contributed by atoms with Crippen molar-refractivity contribution in [2.45, 2.75) is 46.2 Å². The van der Waals surface area contributed by atoms with Crippen LogP contribution in [0.2, 0.25) is 0 Å². The van der Waals surface area contributed by atoms with Gasteiger partial charge >= 0.3 is 0 Å². The van der Waals surface area contributed by atoms with Crippen LogP contribution >= 0.6 is 0 Å². The van der Waals surface area contributed by atoms with Crippen molar-refractivity contribution >= 4 is 27.5 Å². The third kappa shape index (κ3) is 7.48. The lowest BCUT2D eigenvalue weighted by molar-refractivity contribution is -0.139. The maximum absolute atomic E-state index is 13.5. The van der Waals surface area contributed by atoms with Gasteiger partial charge in [-0.15, -0.1) is 0 Å². The van der Waals surface area contributed by atoms with Crippen LogP contribution in [0.25, 0.3) is 0 Å². The highest BCUT2D eigenvalue weighted by Crippen LogP contribution is 2.20. The van der Waals surface area contributed by atoms with Crippen molar-refractivity contribution in [2.75, 3.05) is 30.8 Å². The summed E-state index contributed by atoms with van der Waals surface area (Å²) < 4.78 is 31.4. The number of nitrogens with zero attached hydrogens (tertiary/aromatic N) is 2.